The minimum Gasteiger partial charge on any atom is -0.345 e. The zero-order valence-electron chi connectivity index (χ0n) is 12.9. The lowest BCUT2D eigenvalue weighted by atomic mass is 10.1. The third kappa shape index (κ3) is 3.45. The highest BCUT2D eigenvalue weighted by Crippen LogP contribution is 2.32. The van der Waals surface area contributed by atoms with E-state index >= 15 is 0 Å². The van der Waals surface area contributed by atoms with Crippen LogP contribution in [-0.4, -0.2) is 20.5 Å². The Bertz CT molecular complexity index is 1020. The molecule has 0 aliphatic rings. The van der Waals surface area contributed by atoms with Gasteiger partial charge in [0.2, 0.25) is 0 Å². The van der Waals surface area contributed by atoms with Gasteiger partial charge in [0, 0.05) is 11.8 Å². The van der Waals surface area contributed by atoms with E-state index in [0.29, 0.717) is 11.1 Å². The fourth-order valence-corrected chi connectivity index (χ4v) is 2.48. The number of halogens is 4. The van der Waals surface area contributed by atoms with Crippen LogP contribution in [0.5, 0.6) is 0 Å². The van der Waals surface area contributed by atoms with Crippen LogP contribution in [0.4, 0.5) is 13.2 Å². The molecule has 0 saturated carbocycles. The Labute approximate surface area is 149 Å². The maximum Gasteiger partial charge on any atom is 0.417 e. The molecule has 0 saturated heterocycles. The minimum atomic E-state index is -4.58. The van der Waals surface area contributed by atoms with Crippen molar-refractivity contribution < 1.29 is 18.0 Å². The highest BCUT2D eigenvalue weighted by molar-refractivity contribution is 6.33. The van der Waals surface area contributed by atoms with Crippen molar-refractivity contribution in [1.82, 2.24) is 19.9 Å². The lowest BCUT2D eigenvalue weighted by Crippen LogP contribution is -2.24. The lowest BCUT2D eigenvalue weighted by Gasteiger charge is -2.09. The molecular weight excluding hydrogens is 371 g/mol. The average Bonchev–Trinajstić information content (AvgIpc) is 3.02. The van der Waals surface area contributed by atoms with E-state index in [1.165, 1.54) is 24.3 Å². The summed E-state index contributed by atoms with van der Waals surface area (Å²) in [6.45, 7) is -0.155. The molecule has 132 valence electrons. The fraction of sp³-hybridized carbons (Fsp3) is 0.125. The number of alkyl halides is 3. The molecule has 0 aliphatic heterocycles. The van der Waals surface area contributed by atoms with E-state index in [1.807, 2.05) is 6.07 Å². The predicted octanol–water partition coefficient (Wildman–Crippen LogP) is 3.20. The number of carbonyl (C=O) groups is 1. The molecule has 0 bridgehead atoms. The van der Waals surface area contributed by atoms with Gasteiger partial charge in [-0.3, -0.25) is 9.20 Å². The molecule has 0 aliphatic carbocycles. The van der Waals surface area contributed by atoms with Crippen molar-refractivity contribution in [2.75, 3.05) is 0 Å². The maximum atomic E-state index is 12.9. The Balaban J connectivity index is 1.83. The van der Waals surface area contributed by atoms with Crippen LogP contribution >= 0.6 is 11.6 Å². The second-order valence-electron chi connectivity index (χ2n) is 5.26. The Morgan fingerprint density at radius 1 is 1.27 bits per heavy atom. The van der Waals surface area contributed by atoms with Gasteiger partial charge in [-0.15, -0.1) is 10.2 Å². The van der Waals surface area contributed by atoms with E-state index in [4.69, 9.17) is 16.9 Å². The first-order chi connectivity index (χ1) is 12.3. The smallest absolute Gasteiger partial charge is 0.345 e. The van der Waals surface area contributed by atoms with Crippen molar-refractivity contribution in [2.45, 2.75) is 12.7 Å². The number of nitriles is 1. The van der Waals surface area contributed by atoms with Crippen molar-refractivity contribution in [3.05, 3.63) is 64.1 Å². The van der Waals surface area contributed by atoms with Gasteiger partial charge in [0.05, 0.1) is 28.8 Å². The molecule has 3 aromatic rings. The Morgan fingerprint density at radius 2 is 1.96 bits per heavy atom. The molecule has 2 aromatic heterocycles. The summed E-state index contributed by atoms with van der Waals surface area (Å²) >= 11 is 5.83. The SMILES string of the molecule is N#Cc1ccc(C(=O)NCc2nnc3c(Cl)cc(C(F)(F)F)cn23)cc1. The summed E-state index contributed by atoms with van der Waals surface area (Å²) < 4.78 is 39.9. The Kier molecular flexibility index (Phi) is 4.52. The number of nitrogens with one attached hydrogen (secondary N) is 1. The van der Waals surface area contributed by atoms with Gasteiger partial charge in [0.15, 0.2) is 11.5 Å². The van der Waals surface area contributed by atoms with E-state index in [1.54, 1.807) is 0 Å². The molecule has 1 N–H and O–H groups in total. The van der Waals surface area contributed by atoms with Gasteiger partial charge >= 0.3 is 6.18 Å². The van der Waals surface area contributed by atoms with Crippen LogP contribution in [0.1, 0.15) is 27.3 Å². The first-order valence-electron chi connectivity index (χ1n) is 7.18. The molecule has 26 heavy (non-hydrogen) atoms. The molecule has 3 rings (SSSR count). The highest BCUT2D eigenvalue weighted by Gasteiger charge is 2.32. The Morgan fingerprint density at radius 3 is 2.58 bits per heavy atom. The number of fused-ring (bicyclic) bond motifs is 1. The number of nitrogens with zero attached hydrogens (tertiary/aromatic N) is 4. The summed E-state index contributed by atoms with van der Waals surface area (Å²) in [5.41, 5.74) is -0.192. The quantitative estimate of drug-likeness (QED) is 0.757. The summed E-state index contributed by atoms with van der Waals surface area (Å²) in [5, 5.41) is 18.6. The number of amides is 1. The van der Waals surface area contributed by atoms with E-state index in [-0.39, 0.29) is 23.0 Å². The number of hydrogen-bond acceptors (Lipinski definition) is 4. The van der Waals surface area contributed by atoms with Crippen molar-refractivity contribution in [1.29, 1.82) is 5.26 Å². The molecule has 10 heteroatoms. The number of aromatic nitrogens is 3. The monoisotopic (exact) mass is 379 g/mol. The molecule has 0 fully saturated rings. The fourth-order valence-electron chi connectivity index (χ4n) is 2.23. The van der Waals surface area contributed by atoms with E-state index < -0.39 is 17.6 Å². The van der Waals surface area contributed by atoms with Gasteiger partial charge in [-0.05, 0) is 30.3 Å². The van der Waals surface area contributed by atoms with E-state index in [9.17, 15) is 18.0 Å². The molecule has 6 nitrogen and oxygen atoms in total. The number of rotatable bonds is 3. The zero-order chi connectivity index (χ0) is 18.9. The second-order valence-corrected chi connectivity index (χ2v) is 5.66. The predicted molar refractivity (Wildman–Crippen MR) is 85.3 cm³/mol. The lowest BCUT2D eigenvalue weighted by molar-refractivity contribution is -0.137. The van der Waals surface area contributed by atoms with Gasteiger partial charge < -0.3 is 5.32 Å². The summed E-state index contributed by atoms with van der Waals surface area (Å²) in [5.74, 6) is -0.376. The van der Waals surface area contributed by atoms with Crippen molar-refractivity contribution in [2.24, 2.45) is 0 Å². The molecule has 0 spiro atoms. The number of pyridine rings is 1. The maximum absolute atomic E-state index is 12.9. The average molecular weight is 380 g/mol. The molecule has 1 amide bonds. The van der Waals surface area contributed by atoms with Crippen LogP contribution in [0, 0.1) is 11.3 Å². The van der Waals surface area contributed by atoms with Gasteiger partial charge in [0.25, 0.3) is 5.91 Å². The first-order valence-corrected chi connectivity index (χ1v) is 7.56. The van der Waals surface area contributed by atoms with Gasteiger partial charge in [-0.1, -0.05) is 11.6 Å². The largest absolute Gasteiger partial charge is 0.417 e. The van der Waals surface area contributed by atoms with Gasteiger partial charge in [-0.25, -0.2) is 0 Å². The van der Waals surface area contributed by atoms with Crippen LogP contribution in [0.2, 0.25) is 5.02 Å². The van der Waals surface area contributed by atoms with Crippen LogP contribution in [0.15, 0.2) is 36.5 Å². The Hall–Kier alpha value is -3.12. The minimum absolute atomic E-state index is 0.0577. The topological polar surface area (TPSA) is 83.1 Å². The van der Waals surface area contributed by atoms with Crippen LogP contribution in [-0.2, 0) is 12.7 Å². The summed E-state index contributed by atoms with van der Waals surface area (Å²) in [7, 11) is 0. The zero-order valence-corrected chi connectivity index (χ0v) is 13.6. The molecule has 2 heterocycles. The van der Waals surface area contributed by atoms with Gasteiger partial charge in [0.1, 0.15) is 0 Å². The van der Waals surface area contributed by atoms with Crippen molar-refractivity contribution in [3.8, 4) is 6.07 Å². The molecule has 0 atom stereocenters. The molecule has 1 aromatic carbocycles. The van der Waals surface area contributed by atoms with Crippen LogP contribution in [0.25, 0.3) is 5.65 Å². The van der Waals surface area contributed by atoms with Crippen LogP contribution in [0.3, 0.4) is 0 Å². The number of benzene rings is 1. The summed E-state index contributed by atoms with van der Waals surface area (Å²) in [6.07, 6.45) is -3.75. The molecule has 0 radical (unpaired) electrons. The highest BCUT2D eigenvalue weighted by atomic mass is 35.5. The second kappa shape index (κ2) is 6.65. The summed E-state index contributed by atoms with van der Waals surface area (Å²) in [4.78, 5) is 12.1. The first kappa shape index (κ1) is 17.7. The number of hydrogen-bond donors (Lipinski definition) is 1. The third-order valence-corrected chi connectivity index (χ3v) is 3.82. The summed E-state index contributed by atoms with van der Waals surface area (Å²) in [6, 6.07) is 8.60. The molecular formula is C16H9ClF3N5O. The van der Waals surface area contributed by atoms with Gasteiger partial charge in [-0.2, -0.15) is 18.4 Å². The number of carbonyl (C=O) groups excluding carboxylic acids is 1. The third-order valence-electron chi connectivity index (χ3n) is 3.54. The van der Waals surface area contributed by atoms with E-state index in [2.05, 4.69) is 15.5 Å². The standard InChI is InChI=1S/C16H9ClF3N5O/c17-12-5-11(16(18,19)20)8-25-13(23-24-14(12)25)7-22-15(26)10-3-1-9(6-21)2-4-10/h1-5,8H,7H2,(H,22,26). The molecule has 0 unspecified atom stereocenters. The van der Waals surface area contributed by atoms with Crippen molar-refractivity contribution >= 4 is 23.2 Å². The van der Waals surface area contributed by atoms with Crippen molar-refractivity contribution in [3.63, 3.8) is 0 Å². The van der Waals surface area contributed by atoms with Crippen LogP contribution < -0.4 is 5.32 Å². The normalized spacial score (nSPS) is 11.3. The van der Waals surface area contributed by atoms with E-state index in [0.717, 1.165) is 16.7 Å².